The van der Waals surface area contributed by atoms with Crippen molar-refractivity contribution in [2.24, 2.45) is 10.2 Å². The lowest BCUT2D eigenvalue weighted by molar-refractivity contribution is -0.126. The van der Waals surface area contributed by atoms with Gasteiger partial charge in [-0.25, -0.2) is 0 Å². The predicted octanol–water partition coefficient (Wildman–Crippen LogP) is 4.37. The molecule has 30 heavy (non-hydrogen) atoms. The minimum absolute atomic E-state index is 0.0185. The topological polar surface area (TPSA) is 71.1 Å². The highest BCUT2D eigenvalue weighted by atomic mass is 32.2. The molecule has 0 saturated carbocycles. The summed E-state index contributed by atoms with van der Waals surface area (Å²) >= 11 is 1.44. The van der Waals surface area contributed by atoms with E-state index in [9.17, 15) is 4.79 Å². The molecule has 1 aromatic carbocycles. The van der Waals surface area contributed by atoms with E-state index >= 15 is 0 Å². The maximum atomic E-state index is 13.2. The molecule has 0 aliphatic carbocycles. The molecule has 152 valence electrons. The van der Waals surface area contributed by atoms with E-state index in [4.69, 9.17) is 4.42 Å². The number of nitrogens with zero attached hydrogens (tertiary/aromatic N) is 4. The van der Waals surface area contributed by atoms with Gasteiger partial charge in [0, 0.05) is 18.0 Å². The largest absolute Gasteiger partial charge is 0.467 e. The van der Waals surface area contributed by atoms with E-state index in [1.807, 2.05) is 24.3 Å². The van der Waals surface area contributed by atoms with Gasteiger partial charge in [-0.1, -0.05) is 36.0 Å². The van der Waals surface area contributed by atoms with Crippen LogP contribution in [0.4, 0.5) is 0 Å². The first-order valence-electron chi connectivity index (χ1n) is 9.68. The first-order valence-corrected chi connectivity index (χ1v) is 10.6. The number of hydrogen-bond donors (Lipinski definition) is 0. The second-order valence-corrected chi connectivity index (χ2v) is 8.32. The van der Waals surface area contributed by atoms with Crippen LogP contribution in [0.3, 0.4) is 0 Å². The van der Waals surface area contributed by atoms with Crippen molar-refractivity contribution in [3.05, 3.63) is 89.1 Å². The van der Waals surface area contributed by atoms with Gasteiger partial charge in [-0.15, -0.1) is 5.10 Å². The van der Waals surface area contributed by atoms with Gasteiger partial charge in [0.05, 0.1) is 24.3 Å². The summed E-state index contributed by atoms with van der Waals surface area (Å²) in [7, 11) is 0. The summed E-state index contributed by atoms with van der Waals surface area (Å²) in [6.07, 6.45) is 7.29. The van der Waals surface area contributed by atoms with E-state index in [1.54, 1.807) is 29.8 Å². The number of amidine groups is 1. The average Bonchev–Trinajstić information content (AvgIpc) is 3.36. The fourth-order valence-electron chi connectivity index (χ4n) is 3.16. The Kier molecular flexibility index (Phi) is 6.09. The van der Waals surface area contributed by atoms with E-state index in [1.165, 1.54) is 22.9 Å². The first-order chi connectivity index (χ1) is 14.6. The molecule has 7 heteroatoms. The van der Waals surface area contributed by atoms with E-state index in [0.717, 1.165) is 11.1 Å². The van der Waals surface area contributed by atoms with Gasteiger partial charge >= 0.3 is 0 Å². The van der Waals surface area contributed by atoms with Gasteiger partial charge in [0.15, 0.2) is 5.17 Å². The Morgan fingerprint density at radius 3 is 2.83 bits per heavy atom. The quantitative estimate of drug-likeness (QED) is 0.440. The Hall–Kier alpha value is -3.19. The molecule has 1 saturated heterocycles. The number of rotatable bonds is 6. The minimum Gasteiger partial charge on any atom is -0.467 e. The molecule has 4 rings (SSSR count). The molecule has 3 aromatic rings. The van der Waals surface area contributed by atoms with Crippen molar-refractivity contribution < 1.29 is 9.21 Å². The van der Waals surface area contributed by atoms with Crippen LogP contribution in [-0.4, -0.2) is 32.4 Å². The van der Waals surface area contributed by atoms with Crippen molar-refractivity contribution in [3.8, 4) is 0 Å². The summed E-state index contributed by atoms with van der Waals surface area (Å²) in [5.41, 5.74) is 4.46. The van der Waals surface area contributed by atoms with Crippen molar-refractivity contribution in [1.29, 1.82) is 0 Å². The van der Waals surface area contributed by atoms with Crippen LogP contribution in [0, 0.1) is 13.8 Å². The lowest BCUT2D eigenvalue weighted by Crippen LogP contribution is -2.32. The SMILES string of the molecule is Cc1ccc(CC2S/C(=N/N=C/c3cccnc3)N(Cc3ccco3)C2=O)cc1C. The lowest BCUT2D eigenvalue weighted by Gasteiger charge is -2.14. The number of carbonyl (C=O) groups is 1. The average molecular weight is 419 g/mol. The number of thioether (sulfide) groups is 1. The summed E-state index contributed by atoms with van der Waals surface area (Å²) in [5.74, 6) is 0.727. The maximum Gasteiger partial charge on any atom is 0.242 e. The second kappa shape index (κ2) is 9.09. The monoisotopic (exact) mass is 418 g/mol. The Morgan fingerprint density at radius 1 is 1.20 bits per heavy atom. The van der Waals surface area contributed by atoms with E-state index in [2.05, 4.69) is 47.2 Å². The van der Waals surface area contributed by atoms with Gasteiger partial charge in [-0.2, -0.15) is 5.10 Å². The number of amides is 1. The third-order valence-corrected chi connectivity index (χ3v) is 6.11. The number of pyridine rings is 1. The van der Waals surface area contributed by atoms with Crippen molar-refractivity contribution in [2.75, 3.05) is 0 Å². The molecule has 2 aromatic heterocycles. The number of aromatic nitrogens is 1. The molecular weight excluding hydrogens is 396 g/mol. The van der Waals surface area contributed by atoms with Crippen LogP contribution in [-0.2, 0) is 17.8 Å². The van der Waals surface area contributed by atoms with E-state index < -0.39 is 0 Å². The van der Waals surface area contributed by atoms with E-state index in [-0.39, 0.29) is 11.2 Å². The highest BCUT2D eigenvalue weighted by Gasteiger charge is 2.38. The maximum absolute atomic E-state index is 13.2. The molecule has 1 aliphatic rings. The standard InChI is InChI=1S/C23H22N4O2S/c1-16-7-8-18(11-17(16)2)12-21-22(28)27(15-20-6-4-10-29-20)23(30-21)26-25-14-19-5-3-9-24-13-19/h3-11,13-14,21H,12,15H2,1-2H3/b25-14+,26-23+. The van der Waals surface area contributed by atoms with E-state index in [0.29, 0.717) is 23.9 Å². The van der Waals surface area contributed by atoms with Crippen LogP contribution in [0.1, 0.15) is 28.0 Å². The van der Waals surface area contributed by atoms with Crippen molar-refractivity contribution >= 4 is 29.1 Å². The Morgan fingerprint density at radius 2 is 2.10 bits per heavy atom. The van der Waals surface area contributed by atoms with Gasteiger partial charge in [0.2, 0.25) is 5.91 Å². The zero-order valence-corrected chi connectivity index (χ0v) is 17.7. The van der Waals surface area contributed by atoms with Crippen molar-refractivity contribution in [3.63, 3.8) is 0 Å². The van der Waals surface area contributed by atoms with Crippen LogP contribution in [0.2, 0.25) is 0 Å². The Labute approximate surface area is 179 Å². The fraction of sp³-hybridized carbons (Fsp3) is 0.217. The van der Waals surface area contributed by atoms with Crippen LogP contribution < -0.4 is 0 Å². The summed E-state index contributed by atoms with van der Waals surface area (Å²) in [6.45, 7) is 4.51. The normalized spacial score (nSPS) is 18.1. The van der Waals surface area contributed by atoms with Gasteiger partial charge in [0.1, 0.15) is 5.76 Å². The zero-order chi connectivity index (χ0) is 20.9. The molecule has 1 aliphatic heterocycles. The highest BCUT2D eigenvalue weighted by Crippen LogP contribution is 2.31. The summed E-state index contributed by atoms with van der Waals surface area (Å²) in [4.78, 5) is 18.9. The number of carbonyl (C=O) groups excluding carboxylic acids is 1. The van der Waals surface area contributed by atoms with Gasteiger partial charge in [-0.05, 0) is 55.2 Å². The van der Waals surface area contributed by atoms with Crippen LogP contribution in [0.15, 0.2) is 75.7 Å². The Bertz CT molecular complexity index is 1080. The third-order valence-electron chi connectivity index (χ3n) is 4.94. The predicted molar refractivity (Wildman–Crippen MR) is 120 cm³/mol. The molecule has 1 fully saturated rings. The number of furan rings is 1. The molecule has 0 radical (unpaired) electrons. The van der Waals surface area contributed by atoms with Gasteiger partial charge < -0.3 is 4.42 Å². The number of aryl methyl sites for hydroxylation is 2. The molecule has 1 atom stereocenters. The highest BCUT2D eigenvalue weighted by molar-refractivity contribution is 8.15. The van der Waals surface area contributed by atoms with Crippen molar-refractivity contribution in [2.45, 2.75) is 32.1 Å². The number of hydrogen-bond acceptors (Lipinski definition) is 6. The van der Waals surface area contributed by atoms with Gasteiger partial charge in [0.25, 0.3) is 0 Å². The van der Waals surface area contributed by atoms with Crippen LogP contribution in [0.25, 0.3) is 0 Å². The zero-order valence-electron chi connectivity index (χ0n) is 16.9. The minimum atomic E-state index is -0.241. The van der Waals surface area contributed by atoms with Crippen LogP contribution >= 0.6 is 11.8 Å². The molecule has 1 unspecified atom stereocenters. The summed E-state index contributed by atoms with van der Waals surface area (Å²) in [6, 6.07) is 13.7. The first kappa shape index (κ1) is 20.1. The molecule has 0 N–H and O–H groups in total. The molecule has 6 nitrogen and oxygen atoms in total. The number of benzene rings is 1. The Balaban J connectivity index is 1.56. The second-order valence-electron chi connectivity index (χ2n) is 7.15. The van der Waals surface area contributed by atoms with Crippen LogP contribution in [0.5, 0.6) is 0 Å². The molecule has 3 heterocycles. The fourth-order valence-corrected chi connectivity index (χ4v) is 4.30. The summed E-state index contributed by atoms with van der Waals surface area (Å²) in [5, 5.41) is 8.85. The molecule has 1 amide bonds. The molecular formula is C23H22N4O2S. The smallest absolute Gasteiger partial charge is 0.242 e. The lowest BCUT2D eigenvalue weighted by atomic mass is 10.0. The molecule has 0 spiro atoms. The van der Waals surface area contributed by atoms with Crippen molar-refractivity contribution in [1.82, 2.24) is 9.88 Å². The van der Waals surface area contributed by atoms with Gasteiger partial charge in [-0.3, -0.25) is 14.7 Å². The third kappa shape index (κ3) is 4.68. The summed E-state index contributed by atoms with van der Waals surface area (Å²) < 4.78 is 5.44. The molecule has 0 bridgehead atoms.